The Bertz CT molecular complexity index is 260. The van der Waals surface area contributed by atoms with Gasteiger partial charge in [-0.15, -0.1) is 0 Å². The van der Waals surface area contributed by atoms with Crippen molar-refractivity contribution in [2.24, 2.45) is 17.6 Å². The molecule has 0 saturated carbocycles. The number of amides is 2. The van der Waals surface area contributed by atoms with E-state index >= 15 is 0 Å². The highest BCUT2D eigenvalue weighted by Gasteiger charge is 2.26. The Hall–Kier alpha value is -1.10. The number of primary amides is 1. The van der Waals surface area contributed by atoms with Gasteiger partial charge in [0.05, 0.1) is 0 Å². The van der Waals surface area contributed by atoms with Gasteiger partial charge in [-0.2, -0.15) is 0 Å². The Balaban J connectivity index is 2.50. The van der Waals surface area contributed by atoms with Gasteiger partial charge in [0.2, 0.25) is 11.8 Å². The second-order valence-electron chi connectivity index (χ2n) is 4.66. The van der Waals surface area contributed by atoms with Crippen molar-refractivity contribution in [1.29, 1.82) is 0 Å². The number of carbonyl (C=O) groups excluding carboxylic acids is 2. The fraction of sp³-hybridized carbons (Fsp3) is 0.818. The van der Waals surface area contributed by atoms with E-state index in [2.05, 4.69) is 10.6 Å². The summed E-state index contributed by atoms with van der Waals surface area (Å²) in [5, 5.41) is 5.94. The molecular formula is C11H21N3O2. The topological polar surface area (TPSA) is 84.2 Å². The predicted molar refractivity (Wildman–Crippen MR) is 61.6 cm³/mol. The van der Waals surface area contributed by atoms with Crippen LogP contribution in [0, 0.1) is 11.8 Å². The number of carbonyl (C=O) groups is 2. The Morgan fingerprint density at radius 2 is 1.88 bits per heavy atom. The maximum Gasteiger partial charge on any atom is 0.240 e. The van der Waals surface area contributed by atoms with Crippen molar-refractivity contribution < 1.29 is 9.59 Å². The molecule has 1 unspecified atom stereocenters. The van der Waals surface area contributed by atoms with Gasteiger partial charge in [0.25, 0.3) is 0 Å². The number of hydrogen-bond acceptors (Lipinski definition) is 3. The average molecular weight is 227 g/mol. The largest absolute Gasteiger partial charge is 0.368 e. The van der Waals surface area contributed by atoms with Crippen LogP contribution in [0.2, 0.25) is 0 Å². The maximum atomic E-state index is 11.9. The van der Waals surface area contributed by atoms with Gasteiger partial charge in [-0.1, -0.05) is 13.8 Å². The van der Waals surface area contributed by atoms with Gasteiger partial charge in [0, 0.05) is 5.92 Å². The molecule has 0 bridgehead atoms. The molecule has 1 rings (SSSR count). The summed E-state index contributed by atoms with van der Waals surface area (Å²) >= 11 is 0. The zero-order valence-electron chi connectivity index (χ0n) is 9.95. The molecule has 1 aliphatic rings. The van der Waals surface area contributed by atoms with Crippen LogP contribution in [-0.2, 0) is 9.59 Å². The molecule has 1 aliphatic heterocycles. The lowest BCUT2D eigenvalue weighted by Gasteiger charge is -2.25. The van der Waals surface area contributed by atoms with Gasteiger partial charge >= 0.3 is 0 Å². The predicted octanol–water partition coefficient (Wildman–Crippen LogP) is -0.388. The van der Waals surface area contributed by atoms with E-state index < -0.39 is 11.9 Å². The van der Waals surface area contributed by atoms with E-state index in [0.717, 1.165) is 25.9 Å². The lowest BCUT2D eigenvalue weighted by molar-refractivity contribution is -0.131. The van der Waals surface area contributed by atoms with Crippen LogP contribution in [0.25, 0.3) is 0 Å². The molecule has 16 heavy (non-hydrogen) atoms. The van der Waals surface area contributed by atoms with E-state index in [1.807, 2.05) is 13.8 Å². The van der Waals surface area contributed by atoms with Crippen LogP contribution in [-0.4, -0.2) is 30.9 Å². The zero-order chi connectivity index (χ0) is 12.1. The molecule has 92 valence electrons. The van der Waals surface area contributed by atoms with Crippen molar-refractivity contribution in [3.05, 3.63) is 0 Å². The van der Waals surface area contributed by atoms with Crippen molar-refractivity contribution in [3.8, 4) is 0 Å². The highest BCUT2D eigenvalue weighted by atomic mass is 16.2. The molecule has 5 nitrogen and oxygen atoms in total. The van der Waals surface area contributed by atoms with Gasteiger partial charge < -0.3 is 16.4 Å². The Kier molecular flexibility index (Phi) is 4.73. The van der Waals surface area contributed by atoms with E-state index in [4.69, 9.17) is 5.73 Å². The third-order valence-corrected chi connectivity index (χ3v) is 2.98. The maximum absolute atomic E-state index is 11.9. The summed E-state index contributed by atoms with van der Waals surface area (Å²) < 4.78 is 0. The SMILES string of the molecule is CC(C)C(NC(=O)C1CCNCC1)C(N)=O. The summed E-state index contributed by atoms with van der Waals surface area (Å²) in [5.74, 6) is -0.457. The summed E-state index contributed by atoms with van der Waals surface area (Å²) in [4.78, 5) is 23.0. The molecular weight excluding hydrogens is 206 g/mol. The van der Waals surface area contributed by atoms with Gasteiger partial charge in [0.15, 0.2) is 0 Å². The first-order chi connectivity index (χ1) is 7.52. The summed E-state index contributed by atoms with van der Waals surface area (Å²) in [6.45, 7) is 5.47. The summed E-state index contributed by atoms with van der Waals surface area (Å²) in [6, 6.07) is -0.553. The standard InChI is InChI=1S/C11H21N3O2/c1-7(2)9(10(12)15)14-11(16)8-3-5-13-6-4-8/h7-9,13H,3-6H2,1-2H3,(H2,12,15)(H,14,16). The van der Waals surface area contributed by atoms with E-state index in [1.54, 1.807) is 0 Å². The Labute approximate surface area is 96.1 Å². The molecule has 1 fully saturated rings. The van der Waals surface area contributed by atoms with Gasteiger partial charge in [-0.25, -0.2) is 0 Å². The van der Waals surface area contributed by atoms with E-state index in [1.165, 1.54) is 0 Å². The van der Waals surface area contributed by atoms with Crippen LogP contribution >= 0.6 is 0 Å². The number of nitrogens with two attached hydrogens (primary N) is 1. The molecule has 5 heteroatoms. The first kappa shape index (κ1) is 13.0. The molecule has 0 radical (unpaired) electrons. The Morgan fingerprint density at radius 1 is 1.31 bits per heavy atom. The minimum atomic E-state index is -0.553. The van der Waals surface area contributed by atoms with Crippen LogP contribution in [0.4, 0.5) is 0 Å². The van der Waals surface area contributed by atoms with Crippen LogP contribution < -0.4 is 16.4 Å². The van der Waals surface area contributed by atoms with E-state index in [-0.39, 0.29) is 17.7 Å². The van der Waals surface area contributed by atoms with E-state index in [9.17, 15) is 9.59 Å². The lowest BCUT2D eigenvalue weighted by atomic mass is 9.95. The molecule has 0 aromatic rings. The lowest BCUT2D eigenvalue weighted by Crippen LogP contribution is -2.50. The second kappa shape index (κ2) is 5.84. The normalized spacial score (nSPS) is 19.4. The van der Waals surface area contributed by atoms with Crippen molar-refractivity contribution in [2.45, 2.75) is 32.7 Å². The molecule has 0 aromatic carbocycles. The third-order valence-electron chi connectivity index (χ3n) is 2.98. The van der Waals surface area contributed by atoms with Crippen LogP contribution in [0.1, 0.15) is 26.7 Å². The van der Waals surface area contributed by atoms with Crippen molar-refractivity contribution >= 4 is 11.8 Å². The smallest absolute Gasteiger partial charge is 0.240 e. The zero-order valence-corrected chi connectivity index (χ0v) is 9.95. The number of hydrogen-bond donors (Lipinski definition) is 3. The van der Waals surface area contributed by atoms with E-state index in [0.29, 0.717) is 0 Å². The molecule has 0 aliphatic carbocycles. The fourth-order valence-corrected chi connectivity index (χ4v) is 1.92. The number of piperidine rings is 1. The highest BCUT2D eigenvalue weighted by molar-refractivity contribution is 5.87. The minimum absolute atomic E-state index is 0.0156. The fourth-order valence-electron chi connectivity index (χ4n) is 1.92. The molecule has 1 atom stereocenters. The molecule has 0 aromatic heterocycles. The summed E-state index contributed by atoms with van der Waals surface area (Å²) in [7, 11) is 0. The van der Waals surface area contributed by atoms with Crippen molar-refractivity contribution in [3.63, 3.8) is 0 Å². The molecule has 0 spiro atoms. The quantitative estimate of drug-likeness (QED) is 0.611. The molecule has 4 N–H and O–H groups in total. The monoisotopic (exact) mass is 227 g/mol. The number of rotatable bonds is 4. The summed E-state index contributed by atoms with van der Waals surface area (Å²) in [6.07, 6.45) is 1.66. The first-order valence-corrected chi connectivity index (χ1v) is 5.82. The van der Waals surface area contributed by atoms with Crippen LogP contribution in [0.5, 0.6) is 0 Å². The molecule has 2 amide bonds. The highest BCUT2D eigenvalue weighted by Crippen LogP contribution is 2.12. The molecule has 1 heterocycles. The summed E-state index contributed by atoms with van der Waals surface area (Å²) in [5.41, 5.74) is 5.25. The Morgan fingerprint density at radius 3 is 2.31 bits per heavy atom. The van der Waals surface area contributed by atoms with Gasteiger partial charge in [-0.05, 0) is 31.8 Å². The molecule has 1 saturated heterocycles. The van der Waals surface area contributed by atoms with Gasteiger partial charge in [0.1, 0.15) is 6.04 Å². The van der Waals surface area contributed by atoms with Crippen LogP contribution in [0.3, 0.4) is 0 Å². The average Bonchev–Trinajstić information content (AvgIpc) is 2.25. The third kappa shape index (κ3) is 3.48. The van der Waals surface area contributed by atoms with Gasteiger partial charge in [-0.3, -0.25) is 9.59 Å². The van der Waals surface area contributed by atoms with Crippen molar-refractivity contribution in [1.82, 2.24) is 10.6 Å². The van der Waals surface area contributed by atoms with Crippen LogP contribution in [0.15, 0.2) is 0 Å². The second-order valence-corrected chi connectivity index (χ2v) is 4.66. The number of nitrogens with one attached hydrogen (secondary N) is 2. The first-order valence-electron chi connectivity index (χ1n) is 5.82. The minimum Gasteiger partial charge on any atom is -0.368 e. The van der Waals surface area contributed by atoms with Crippen molar-refractivity contribution in [2.75, 3.05) is 13.1 Å².